The summed E-state index contributed by atoms with van der Waals surface area (Å²) >= 11 is 5.96. The van der Waals surface area contributed by atoms with Gasteiger partial charge in [-0.2, -0.15) is 9.78 Å². The summed E-state index contributed by atoms with van der Waals surface area (Å²) in [6, 6.07) is 11.1. The maximum Gasteiger partial charge on any atom is 0.284 e. The maximum atomic E-state index is 13.0. The highest BCUT2D eigenvalue weighted by atomic mass is 35.5. The van der Waals surface area contributed by atoms with Crippen LogP contribution in [0.1, 0.15) is 10.4 Å². The Balaban J connectivity index is 1.81. The quantitative estimate of drug-likeness (QED) is 0.671. The van der Waals surface area contributed by atoms with E-state index in [1.54, 1.807) is 42.6 Å². The molecule has 3 aromatic rings. The van der Waals surface area contributed by atoms with Crippen LogP contribution in [0.25, 0.3) is 16.9 Å². The zero-order chi connectivity index (χ0) is 20.4. The molecule has 1 aliphatic heterocycles. The number of aliphatic hydroxyl groups excluding tert-OH is 1. The van der Waals surface area contributed by atoms with E-state index < -0.39 is 23.6 Å². The van der Waals surface area contributed by atoms with Gasteiger partial charge < -0.3 is 15.2 Å². The molecule has 1 fully saturated rings. The monoisotopic (exact) mass is 412 g/mol. The van der Waals surface area contributed by atoms with Crippen LogP contribution in [0.3, 0.4) is 0 Å². The molecule has 8 nitrogen and oxygen atoms in total. The first-order valence-corrected chi connectivity index (χ1v) is 9.28. The van der Waals surface area contributed by atoms with Crippen LogP contribution in [0.2, 0.25) is 5.02 Å². The van der Waals surface area contributed by atoms with Gasteiger partial charge in [-0.05, 0) is 30.3 Å². The van der Waals surface area contributed by atoms with Crippen LogP contribution < -0.4 is 10.9 Å². The van der Waals surface area contributed by atoms with E-state index in [0.29, 0.717) is 22.0 Å². The molecule has 0 radical (unpaired) electrons. The summed E-state index contributed by atoms with van der Waals surface area (Å²) in [6.45, 7) is 0.316. The number of nitrogens with zero attached hydrogens (tertiary/aromatic N) is 3. The van der Waals surface area contributed by atoms with Crippen LogP contribution in [0, 0.1) is 0 Å². The van der Waals surface area contributed by atoms with Crippen molar-refractivity contribution >= 4 is 17.5 Å². The molecule has 4 rings (SSSR count). The first-order chi connectivity index (χ1) is 14.0. The molecular weight excluding hydrogens is 396 g/mol. The Kier molecular flexibility index (Phi) is 5.39. The van der Waals surface area contributed by atoms with E-state index in [2.05, 4.69) is 15.4 Å². The summed E-state index contributed by atoms with van der Waals surface area (Å²) in [5.41, 5.74) is 0.824. The molecule has 0 saturated carbocycles. The van der Waals surface area contributed by atoms with E-state index in [4.69, 9.17) is 16.3 Å². The van der Waals surface area contributed by atoms with Crippen molar-refractivity contribution in [2.45, 2.75) is 12.1 Å². The number of rotatable bonds is 4. The van der Waals surface area contributed by atoms with Crippen molar-refractivity contribution in [1.29, 1.82) is 0 Å². The van der Waals surface area contributed by atoms with Gasteiger partial charge in [0.15, 0.2) is 0 Å². The fraction of sp³-hybridized carbons (Fsp3) is 0.200. The Hall–Kier alpha value is -3.07. The molecule has 1 aromatic carbocycles. The Labute approximate surface area is 170 Å². The molecule has 29 heavy (non-hydrogen) atoms. The minimum absolute atomic E-state index is 0.104. The number of carbonyl (C=O) groups is 1. The van der Waals surface area contributed by atoms with Gasteiger partial charge in [-0.15, -0.1) is 0 Å². The minimum Gasteiger partial charge on any atom is -0.388 e. The Morgan fingerprint density at radius 2 is 2.03 bits per heavy atom. The van der Waals surface area contributed by atoms with E-state index in [0.717, 1.165) is 4.68 Å². The van der Waals surface area contributed by atoms with Gasteiger partial charge in [-0.25, -0.2) is 0 Å². The van der Waals surface area contributed by atoms with Crippen LogP contribution in [-0.2, 0) is 4.74 Å². The number of halogens is 1. The topological polar surface area (TPSA) is 106 Å². The van der Waals surface area contributed by atoms with Gasteiger partial charge in [-0.3, -0.25) is 14.6 Å². The molecule has 9 heteroatoms. The lowest BCUT2D eigenvalue weighted by Gasteiger charge is -2.15. The number of aliphatic hydroxyl groups is 1. The van der Waals surface area contributed by atoms with E-state index in [1.165, 1.54) is 12.3 Å². The summed E-state index contributed by atoms with van der Waals surface area (Å²) in [5.74, 6) is -0.611. The molecule has 2 N–H and O–H groups in total. The Morgan fingerprint density at radius 1 is 1.24 bits per heavy atom. The van der Waals surface area contributed by atoms with Crippen molar-refractivity contribution in [3.05, 3.63) is 75.8 Å². The lowest BCUT2D eigenvalue weighted by Crippen LogP contribution is -2.44. The summed E-state index contributed by atoms with van der Waals surface area (Å²) in [4.78, 5) is 29.8. The number of pyridine rings is 1. The Morgan fingerprint density at radius 3 is 2.69 bits per heavy atom. The van der Waals surface area contributed by atoms with Gasteiger partial charge in [-0.1, -0.05) is 23.7 Å². The molecule has 1 amide bonds. The van der Waals surface area contributed by atoms with Crippen LogP contribution in [0.5, 0.6) is 0 Å². The lowest BCUT2D eigenvalue weighted by atomic mass is 10.1. The van der Waals surface area contributed by atoms with Crippen molar-refractivity contribution in [3.8, 4) is 16.9 Å². The number of aromatic nitrogens is 3. The standard InChI is InChI=1S/C20H17ClN4O4/c21-13-5-3-12(4-6-13)16-8-15(19(27)23-17-10-29-11-18(17)26)20(28)25(24-16)14-2-1-7-22-9-14/h1-9,17-18,26H,10-11H2,(H,23,27)/t17-,18+/m0/s1. The van der Waals surface area contributed by atoms with Gasteiger partial charge in [0.1, 0.15) is 5.56 Å². The number of hydrogen-bond donors (Lipinski definition) is 2. The van der Waals surface area contributed by atoms with Gasteiger partial charge in [0.05, 0.1) is 42.9 Å². The SMILES string of the molecule is O=C(N[C@H]1COC[C@H]1O)c1cc(-c2ccc(Cl)cc2)nn(-c2cccnc2)c1=O. The predicted molar refractivity (Wildman–Crippen MR) is 106 cm³/mol. The highest BCUT2D eigenvalue weighted by molar-refractivity contribution is 6.30. The molecule has 148 valence electrons. The fourth-order valence-corrected chi connectivity index (χ4v) is 3.13. The molecular formula is C20H17ClN4O4. The molecule has 0 unspecified atom stereocenters. The lowest BCUT2D eigenvalue weighted by molar-refractivity contribution is 0.0884. The highest BCUT2D eigenvalue weighted by Crippen LogP contribution is 2.20. The third-order valence-electron chi connectivity index (χ3n) is 4.55. The average molecular weight is 413 g/mol. The predicted octanol–water partition coefficient (Wildman–Crippen LogP) is 1.44. The summed E-state index contributed by atoms with van der Waals surface area (Å²) in [6.07, 6.45) is 2.24. The number of benzene rings is 1. The molecule has 1 saturated heterocycles. The second-order valence-corrected chi connectivity index (χ2v) is 7.00. The van der Waals surface area contributed by atoms with Crippen LogP contribution >= 0.6 is 11.6 Å². The smallest absolute Gasteiger partial charge is 0.284 e. The summed E-state index contributed by atoms with van der Waals surface area (Å²) in [5, 5.41) is 17.5. The van der Waals surface area contributed by atoms with Crippen LogP contribution in [-0.4, -0.2) is 51.1 Å². The van der Waals surface area contributed by atoms with E-state index in [-0.39, 0.29) is 18.8 Å². The third kappa shape index (κ3) is 4.04. The first kappa shape index (κ1) is 19.3. The molecule has 0 aliphatic carbocycles. The van der Waals surface area contributed by atoms with Gasteiger partial charge in [0.25, 0.3) is 11.5 Å². The Bertz CT molecular complexity index is 1090. The molecule has 2 atom stereocenters. The number of amides is 1. The number of ether oxygens (including phenoxy) is 1. The van der Waals surface area contributed by atoms with Crippen molar-refractivity contribution in [2.24, 2.45) is 0 Å². The van der Waals surface area contributed by atoms with Crippen molar-refractivity contribution in [1.82, 2.24) is 20.1 Å². The fourth-order valence-electron chi connectivity index (χ4n) is 3.00. The number of carbonyl (C=O) groups excluding carboxylic acids is 1. The van der Waals surface area contributed by atoms with Crippen LogP contribution in [0.4, 0.5) is 0 Å². The minimum atomic E-state index is -0.822. The zero-order valence-corrected chi connectivity index (χ0v) is 15.9. The molecule has 3 heterocycles. The molecule has 0 spiro atoms. The van der Waals surface area contributed by atoms with Crippen molar-refractivity contribution in [2.75, 3.05) is 13.2 Å². The maximum absolute atomic E-state index is 13.0. The first-order valence-electron chi connectivity index (χ1n) is 8.90. The average Bonchev–Trinajstić information content (AvgIpc) is 3.14. The molecule has 1 aliphatic rings. The van der Waals surface area contributed by atoms with Crippen molar-refractivity contribution in [3.63, 3.8) is 0 Å². The number of nitrogens with one attached hydrogen (secondary N) is 1. The second kappa shape index (κ2) is 8.12. The number of hydrogen-bond acceptors (Lipinski definition) is 6. The third-order valence-corrected chi connectivity index (χ3v) is 4.81. The normalized spacial score (nSPS) is 18.6. The highest BCUT2D eigenvalue weighted by Gasteiger charge is 2.29. The van der Waals surface area contributed by atoms with E-state index in [9.17, 15) is 14.7 Å². The van der Waals surface area contributed by atoms with Crippen LogP contribution in [0.15, 0.2) is 59.7 Å². The zero-order valence-electron chi connectivity index (χ0n) is 15.2. The van der Waals surface area contributed by atoms with Gasteiger partial charge in [0, 0.05) is 16.8 Å². The van der Waals surface area contributed by atoms with Gasteiger partial charge >= 0.3 is 0 Å². The summed E-state index contributed by atoms with van der Waals surface area (Å²) < 4.78 is 6.28. The largest absolute Gasteiger partial charge is 0.388 e. The summed E-state index contributed by atoms with van der Waals surface area (Å²) in [7, 11) is 0. The van der Waals surface area contributed by atoms with E-state index >= 15 is 0 Å². The van der Waals surface area contributed by atoms with Gasteiger partial charge in [0.2, 0.25) is 0 Å². The molecule has 2 aromatic heterocycles. The van der Waals surface area contributed by atoms with Crippen molar-refractivity contribution < 1.29 is 14.6 Å². The second-order valence-electron chi connectivity index (χ2n) is 6.56. The molecule has 0 bridgehead atoms. The van der Waals surface area contributed by atoms with E-state index in [1.807, 2.05) is 0 Å².